The van der Waals surface area contributed by atoms with Crippen LogP contribution in [0, 0.1) is 5.92 Å². The molecule has 1 amide bonds. The highest BCUT2D eigenvalue weighted by Gasteiger charge is 2.34. The lowest BCUT2D eigenvalue weighted by Gasteiger charge is -2.39. The van der Waals surface area contributed by atoms with E-state index in [1.165, 1.54) is 6.42 Å². The lowest BCUT2D eigenvalue weighted by Crippen LogP contribution is -2.56. The first-order valence-electron chi connectivity index (χ1n) is 5.83. The van der Waals surface area contributed by atoms with Gasteiger partial charge in [0.15, 0.2) is 0 Å². The minimum atomic E-state index is 0.224. The molecule has 0 aromatic heterocycles. The van der Waals surface area contributed by atoms with E-state index in [1.807, 2.05) is 4.90 Å². The summed E-state index contributed by atoms with van der Waals surface area (Å²) >= 11 is 0. The zero-order valence-corrected chi connectivity index (χ0v) is 9.37. The Hall–Kier alpha value is -0.610. The van der Waals surface area contributed by atoms with Crippen molar-refractivity contribution in [1.29, 1.82) is 0 Å². The summed E-state index contributed by atoms with van der Waals surface area (Å²) in [5.74, 6) is 0.554. The van der Waals surface area contributed by atoms with E-state index in [1.54, 1.807) is 7.11 Å². The molecule has 2 heterocycles. The number of ether oxygens (including phenoxy) is 1. The number of piperidine rings is 1. The fourth-order valence-electron chi connectivity index (χ4n) is 2.35. The van der Waals surface area contributed by atoms with Gasteiger partial charge in [0.1, 0.15) is 0 Å². The number of hydrogen-bond acceptors (Lipinski definition) is 3. The Bertz CT molecular complexity index is 227. The van der Waals surface area contributed by atoms with Crippen molar-refractivity contribution in [2.75, 3.05) is 33.4 Å². The summed E-state index contributed by atoms with van der Waals surface area (Å²) in [6.07, 6.45) is 3.46. The highest BCUT2D eigenvalue weighted by Crippen LogP contribution is 2.20. The van der Waals surface area contributed by atoms with Gasteiger partial charge in [-0.05, 0) is 19.3 Å². The van der Waals surface area contributed by atoms with Crippen LogP contribution in [0.2, 0.25) is 0 Å². The number of amides is 1. The molecule has 0 aromatic rings. The summed E-state index contributed by atoms with van der Waals surface area (Å²) in [4.78, 5) is 14.1. The fraction of sp³-hybridized carbons (Fsp3) is 0.909. The van der Waals surface area contributed by atoms with Gasteiger partial charge in [-0.3, -0.25) is 4.79 Å². The van der Waals surface area contributed by atoms with Crippen LogP contribution >= 0.6 is 0 Å². The zero-order chi connectivity index (χ0) is 10.7. The summed E-state index contributed by atoms with van der Waals surface area (Å²) in [7, 11) is 1.71. The molecule has 2 rings (SSSR count). The highest BCUT2D eigenvalue weighted by molar-refractivity contribution is 5.80. The Labute approximate surface area is 91.0 Å². The molecule has 2 saturated heterocycles. The van der Waals surface area contributed by atoms with E-state index in [4.69, 9.17) is 4.74 Å². The van der Waals surface area contributed by atoms with Gasteiger partial charge in [0, 0.05) is 26.7 Å². The number of likely N-dealkylation sites (tertiary alicyclic amines) is 1. The van der Waals surface area contributed by atoms with E-state index in [9.17, 15) is 4.79 Å². The van der Waals surface area contributed by atoms with Crippen molar-refractivity contribution in [3.63, 3.8) is 0 Å². The van der Waals surface area contributed by atoms with Gasteiger partial charge in [0.25, 0.3) is 0 Å². The topological polar surface area (TPSA) is 41.6 Å². The summed E-state index contributed by atoms with van der Waals surface area (Å²) in [6, 6.07) is 0.317. The van der Waals surface area contributed by atoms with Gasteiger partial charge in [-0.1, -0.05) is 0 Å². The highest BCUT2D eigenvalue weighted by atomic mass is 16.5. The van der Waals surface area contributed by atoms with Gasteiger partial charge in [0.05, 0.1) is 18.6 Å². The molecule has 0 saturated carbocycles. The molecule has 4 nitrogen and oxygen atoms in total. The first kappa shape index (κ1) is 10.9. The van der Waals surface area contributed by atoms with Gasteiger partial charge >= 0.3 is 0 Å². The molecule has 1 N–H and O–H groups in total. The second-order valence-corrected chi connectivity index (χ2v) is 4.49. The molecule has 2 aliphatic rings. The largest absolute Gasteiger partial charge is 0.383 e. The van der Waals surface area contributed by atoms with Crippen LogP contribution in [0.15, 0.2) is 0 Å². The molecule has 0 aliphatic carbocycles. The average molecular weight is 212 g/mol. The molecule has 0 radical (unpaired) electrons. The number of carbonyl (C=O) groups is 1. The molecule has 0 aromatic carbocycles. The van der Waals surface area contributed by atoms with Crippen LogP contribution in [0.3, 0.4) is 0 Å². The number of carbonyl (C=O) groups excluding carboxylic acids is 1. The second-order valence-electron chi connectivity index (χ2n) is 4.49. The Morgan fingerprint density at radius 1 is 1.47 bits per heavy atom. The van der Waals surface area contributed by atoms with Crippen LogP contribution in [0.4, 0.5) is 0 Å². The zero-order valence-electron chi connectivity index (χ0n) is 9.37. The number of methoxy groups -OCH3 is 1. The average Bonchev–Trinajstić information content (AvgIpc) is 2.16. The fourth-order valence-corrected chi connectivity index (χ4v) is 2.35. The maximum atomic E-state index is 12.1. The first-order valence-corrected chi connectivity index (χ1v) is 5.83. The monoisotopic (exact) mass is 212 g/mol. The summed E-state index contributed by atoms with van der Waals surface area (Å²) in [5, 5.41) is 3.15. The lowest BCUT2D eigenvalue weighted by atomic mass is 9.96. The first-order chi connectivity index (χ1) is 7.33. The Kier molecular flexibility index (Phi) is 3.59. The van der Waals surface area contributed by atoms with Gasteiger partial charge in [-0.2, -0.15) is 0 Å². The number of rotatable bonds is 3. The smallest absolute Gasteiger partial charge is 0.228 e. The third kappa shape index (κ3) is 2.32. The van der Waals surface area contributed by atoms with Crippen LogP contribution in [-0.4, -0.2) is 50.2 Å². The molecule has 86 valence electrons. The van der Waals surface area contributed by atoms with Gasteiger partial charge in [-0.15, -0.1) is 0 Å². The summed E-state index contributed by atoms with van der Waals surface area (Å²) in [5.41, 5.74) is 0. The quantitative estimate of drug-likeness (QED) is 0.728. The van der Waals surface area contributed by atoms with E-state index in [2.05, 4.69) is 5.32 Å². The second kappa shape index (κ2) is 4.94. The molecule has 2 aliphatic heterocycles. The van der Waals surface area contributed by atoms with Gasteiger partial charge < -0.3 is 15.0 Å². The Morgan fingerprint density at radius 2 is 2.27 bits per heavy atom. The molecule has 0 bridgehead atoms. The van der Waals surface area contributed by atoms with Crippen molar-refractivity contribution in [2.24, 2.45) is 5.92 Å². The SMILES string of the molecule is COCC1CCCCN1C(=O)C1CNC1. The predicted molar refractivity (Wildman–Crippen MR) is 57.6 cm³/mol. The van der Waals surface area contributed by atoms with Crippen LogP contribution in [0.5, 0.6) is 0 Å². The normalized spacial score (nSPS) is 27.5. The number of hydrogen-bond donors (Lipinski definition) is 1. The van der Waals surface area contributed by atoms with E-state index < -0.39 is 0 Å². The number of nitrogens with one attached hydrogen (secondary N) is 1. The lowest BCUT2D eigenvalue weighted by molar-refractivity contribution is -0.142. The van der Waals surface area contributed by atoms with E-state index in [-0.39, 0.29) is 5.92 Å². The van der Waals surface area contributed by atoms with Crippen LogP contribution in [0.1, 0.15) is 19.3 Å². The van der Waals surface area contributed by atoms with E-state index in [0.717, 1.165) is 32.5 Å². The molecule has 4 heteroatoms. The van der Waals surface area contributed by atoms with Crippen LogP contribution in [-0.2, 0) is 9.53 Å². The van der Waals surface area contributed by atoms with E-state index >= 15 is 0 Å². The van der Waals surface area contributed by atoms with Crippen molar-refractivity contribution >= 4 is 5.91 Å². The molecular formula is C11H20N2O2. The van der Waals surface area contributed by atoms with Crippen LogP contribution in [0.25, 0.3) is 0 Å². The molecule has 1 unspecified atom stereocenters. The summed E-state index contributed by atoms with van der Waals surface area (Å²) < 4.78 is 5.18. The number of nitrogens with zero attached hydrogens (tertiary/aromatic N) is 1. The van der Waals surface area contributed by atoms with Gasteiger partial charge in [0.2, 0.25) is 5.91 Å². The molecular weight excluding hydrogens is 192 g/mol. The van der Waals surface area contributed by atoms with Crippen molar-refractivity contribution in [3.8, 4) is 0 Å². The van der Waals surface area contributed by atoms with Gasteiger partial charge in [-0.25, -0.2) is 0 Å². The Balaban J connectivity index is 1.93. The third-order valence-corrected chi connectivity index (χ3v) is 3.40. The molecule has 1 atom stereocenters. The van der Waals surface area contributed by atoms with Crippen molar-refractivity contribution in [3.05, 3.63) is 0 Å². The van der Waals surface area contributed by atoms with Crippen molar-refractivity contribution in [2.45, 2.75) is 25.3 Å². The molecule has 15 heavy (non-hydrogen) atoms. The minimum Gasteiger partial charge on any atom is -0.383 e. The molecule has 0 spiro atoms. The summed E-state index contributed by atoms with van der Waals surface area (Å²) in [6.45, 7) is 3.32. The maximum absolute atomic E-state index is 12.1. The maximum Gasteiger partial charge on any atom is 0.228 e. The van der Waals surface area contributed by atoms with Crippen molar-refractivity contribution in [1.82, 2.24) is 10.2 Å². The van der Waals surface area contributed by atoms with Crippen molar-refractivity contribution < 1.29 is 9.53 Å². The minimum absolute atomic E-state index is 0.224. The predicted octanol–water partition coefficient (Wildman–Crippen LogP) is 0.233. The van der Waals surface area contributed by atoms with E-state index in [0.29, 0.717) is 18.6 Å². The Morgan fingerprint density at radius 3 is 2.87 bits per heavy atom. The molecule has 2 fully saturated rings. The third-order valence-electron chi connectivity index (χ3n) is 3.40. The standard InChI is InChI=1S/C11H20N2O2/c1-15-8-10-4-2-3-5-13(10)11(14)9-6-12-7-9/h9-10,12H,2-8H2,1H3. The van der Waals surface area contributed by atoms with Crippen LogP contribution < -0.4 is 5.32 Å².